The molecule has 12 heavy (non-hydrogen) atoms. The highest BCUT2D eigenvalue weighted by Gasteiger charge is 1.91. The van der Waals surface area contributed by atoms with Gasteiger partial charge in [0.2, 0.25) is 5.28 Å². The van der Waals surface area contributed by atoms with Crippen LogP contribution in [0.3, 0.4) is 0 Å². The number of aryl methyl sites for hydroxylation is 1. The number of hydrogen-bond donors (Lipinski definition) is 0. The Balaban J connectivity index is 0.000000561. The van der Waals surface area contributed by atoms with E-state index in [1.165, 1.54) is 0 Å². The molecule has 1 heterocycles. The third kappa shape index (κ3) is 4.29. The molecule has 0 N–H and O–H groups in total. The van der Waals surface area contributed by atoms with Crippen molar-refractivity contribution in [3.05, 3.63) is 23.2 Å². The predicted octanol–water partition coefficient (Wildman–Crippen LogP) is 3.11. The molecule has 1 rings (SSSR count). The first kappa shape index (κ1) is 11.4. The number of aromatic nitrogens is 2. The molecule has 0 unspecified atom stereocenters. The van der Waals surface area contributed by atoms with Gasteiger partial charge in [-0.2, -0.15) is 0 Å². The molecule has 68 valence electrons. The van der Waals surface area contributed by atoms with Crippen molar-refractivity contribution in [2.45, 2.75) is 33.6 Å². The zero-order valence-corrected chi connectivity index (χ0v) is 8.60. The van der Waals surface area contributed by atoms with E-state index >= 15 is 0 Å². The van der Waals surface area contributed by atoms with E-state index in [1.807, 2.05) is 13.8 Å². The van der Waals surface area contributed by atoms with Crippen molar-refractivity contribution in [2.24, 2.45) is 0 Å². The van der Waals surface area contributed by atoms with Gasteiger partial charge in [-0.25, -0.2) is 9.97 Å². The SMILES string of the molecule is CC.CCCc1cnc(Cl)nc1. The highest BCUT2D eigenvalue weighted by molar-refractivity contribution is 6.28. The van der Waals surface area contributed by atoms with E-state index in [4.69, 9.17) is 11.6 Å². The van der Waals surface area contributed by atoms with E-state index in [1.54, 1.807) is 12.4 Å². The molecule has 0 saturated heterocycles. The van der Waals surface area contributed by atoms with Crippen LogP contribution in [0.1, 0.15) is 32.8 Å². The van der Waals surface area contributed by atoms with E-state index in [0.717, 1.165) is 18.4 Å². The van der Waals surface area contributed by atoms with Crippen LogP contribution in [0.15, 0.2) is 12.4 Å². The standard InChI is InChI=1S/C7H9ClN2.C2H6/c1-2-3-6-4-9-7(8)10-5-6;1-2/h4-5H,2-3H2,1H3;1-2H3. The monoisotopic (exact) mass is 186 g/mol. The molecule has 0 atom stereocenters. The van der Waals surface area contributed by atoms with Crippen LogP contribution >= 0.6 is 11.6 Å². The summed E-state index contributed by atoms with van der Waals surface area (Å²) in [6.07, 6.45) is 5.67. The van der Waals surface area contributed by atoms with Gasteiger partial charge in [-0.3, -0.25) is 0 Å². The molecule has 1 aromatic heterocycles. The fourth-order valence-electron chi connectivity index (χ4n) is 0.757. The summed E-state index contributed by atoms with van der Waals surface area (Å²) in [6.45, 7) is 6.12. The summed E-state index contributed by atoms with van der Waals surface area (Å²) in [5, 5.41) is 0.319. The Labute approximate surface area is 79.0 Å². The maximum Gasteiger partial charge on any atom is 0.222 e. The van der Waals surface area contributed by atoms with E-state index in [9.17, 15) is 0 Å². The van der Waals surface area contributed by atoms with Crippen molar-refractivity contribution in [1.29, 1.82) is 0 Å². The molecule has 0 bridgehead atoms. The van der Waals surface area contributed by atoms with Crippen molar-refractivity contribution < 1.29 is 0 Å². The van der Waals surface area contributed by atoms with Crippen molar-refractivity contribution in [2.75, 3.05) is 0 Å². The molecule has 0 aliphatic heterocycles. The molecule has 3 heteroatoms. The maximum atomic E-state index is 5.49. The molecule has 0 fully saturated rings. The molecule has 1 aromatic rings. The second-order valence-corrected chi connectivity index (χ2v) is 2.45. The number of nitrogens with zero attached hydrogens (tertiary/aromatic N) is 2. The first-order valence-corrected chi connectivity index (χ1v) is 4.67. The first-order chi connectivity index (χ1) is 5.83. The Kier molecular flexibility index (Phi) is 6.67. The van der Waals surface area contributed by atoms with Gasteiger partial charge in [0.25, 0.3) is 0 Å². The van der Waals surface area contributed by atoms with Gasteiger partial charge in [-0.15, -0.1) is 0 Å². The number of hydrogen-bond acceptors (Lipinski definition) is 2. The topological polar surface area (TPSA) is 25.8 Å². The fraction of sp³-hybridized carbons (Fsp3) is 0.556. The minimum Gasteiger partial charge on any atom is -0.226 e. The largest absolute Gasteiger partial charge is 0.226 e. The lowest BCUT2D eigenvalue weighted by molar-refractivity contribution is 0.901. The van der Waals surface area contributed by atoms with E-state index < -0.39 is 0 Å². The minimum atomic E-state index is 0.319. The smallest absolute Gasteiger partial charge is 0.222 e. The summed E-state index contributed by atoms with van der Waals surface area (Å²) >= 11 is 5.49. The molecule has 2 nitrogen and oxygen atoms in total. The average molecular weight is 187 g/mol. The lowest BCUT2D eigenvalue weighted by atomic mass is 10.2. The first-order valence-electron chi connectivity index (χ1n) is 4.29. The van der Waals surface area contributed by atoms with Crippen LogP contribution in [-0.4, -0.2) is 9.97 Å². The Morgan fingerprint density at radius 2 is 1.75 bits per heavy atom. The van der Waals surface area contributed by atoms with Gasteiger partial charge < -0.3 is 0 Å². The highest BCUT2D eigenvalue weighted by atomic mass is 35.5. The molecule has 0 saturated carbocycles. The van der Waals surface area contributed by atoms with Gasteiger partial charge in [-0.1, -0.05) is 27.2 Å². The lowest BCUT2D eigenvalue weighted by Gasteiger charge is -1.94. The Morgan fingerprint density at radius 3 is 2.17 bits per heavy atom. The lowest BCUT2D eigenvalue weighted by Crippen LogP contribution is -1.87. The van der Waals surface area contributed by atoms with Gasteiger partial charge in [0.15, 0.2) is 0 Å². The summed E-state index contributed by atoms with van der Waals surface area (Å²) in [5.74, 6) is 0. The van der Waals surface area contributed by atoms with Gasteiger partial charge in [-0.05, 0) is 23.6 Å². The molecular formula is C9H15ClN2. The number of halogens is 1. The summed E-state index contributed by atoms with van der Waals surface area (Å²) in [4.78, 5) is 7.70. The number of rotatable bonds is 2. The summed E-state index contributed by atoms with van der Waals surface area (Å²) in [7, 11) is 0. The van der Waals surface area contributed by atoms with Crippen molar-refractivity contribution in [3.63, 3.8) is 0 Å². The van der Waals surface area contributed by atoms with Crippen LogP contribution in [0.2, 0.25) is 5.28 Å². The van der Waals surface area contributed by atoms with Crippen molar-refractivity contribution >= 4 is 11.6 Å². The van der Waals surface area contributed by atoms with Crippen LogP contribution in [0, 0.1) is 0 Å². The molecule has 0 aliphatic carbocycles. The maximum absolute atomic E-state index is 5.49. The third-order valence-electron chi connectivity index (χ3n) is 1.21. The van der Waals surface area contributed by atoms with Gasteiger partial charge in [0, 0.05) is 12.4 Å². The predicted molar refractivity (Wildman–Crippen MR) is 52.4 cm³/mol. The van der Waals surface area contributed by atoms with Crippen LogP contribution in [0.4, 0.5) is 0 Å². The molecular weight excluding hydrogens is 172 g/mol. The van der Waals surface area contributed by atoms with E-state index in [0.29, 0.717) is 5.28 Å². The van der Waals surface area contributed by atoms with Crippen molar-refractivity contribution in [3.8, 4) is 0 Å². The van der Waals surface area contributed by atoms with Crippen LogP contribution in [-0.2, 0) is 6.42 Å². The molecule has 0 amide bonds. The molecule has 0 aromatic carbocycles. The Morgan fingerprint density at radius 1 is 1.25 bits per heavy atom. The summed E-state index contributed by atoms with van der Waals surface area (Å²) in [5.41, 5.74) is 1.15. The summed E-state index contributed by atoms with van der Waals surface area (Å²) in [6, 6.07) is 0. The second-order valence-electron chi connectivity index (χ2n) is 2.11. The zero-order chi connectivity index (χ0) is 9.40. The molecule has 0 spiro atoms. The Hall–Kier alpha value is -0.630. The molecule has 0 aliphatic rings. The van der Waals surface area contributed by atoms with E-state index in [2.05, 4.69) is 16.9 Å². The average Bonchev–Trinajstić information content (AvgIpc) is 2.13. The van der Waals surface area contributed by atoms with E-state index in [-0.39, 0.29) is 0 Å². The molecule has 0 radical (unpaired) electrons. The zero-order valence-electron chi connectivity index (χ0n) is 7.84. The highest BCUT2D eigenvalue weighted by Crippen LogP contribution is 2.02. The minimum absolute atomic E-state index is 0.319. The van der Waals surface area contributed by atoms with Crippen LogP contribution in [0.25, 0.3) is 0 Å². The quantitative estimate of drug-likeness (QED) is 0.664. The van der Waals surface area contributed by atoms with Gasteiger partial charge in [0.05, 0.1) is 0 Å². The Bertz CT molecular complexity index is 196. The summed E-state index contributed by atoms with van der Waals surface area (Å²) < 4.78 is 0. The van der Waals surface area contributed by atoms with Crippen LogP contribution < -0.4 is 0 Å². The van der Waals surface area contributed by atoms with Crippen molar-refractivity contribution in [1.82, 2.24) is 9.97 Å². The fourth-order valence-corrected chi connectivity index (χ4v) is 0.854. The van der Waals surface area contributed by atoms with Gasteiger partial charge >= 0.3 is 0 Å². The van der Waals surface area contributed by atoms with Crippen LogP contribution in [0.5, 0.6) is 0 Å². The normalized spacial score (nSPS) is 8.67. The van der Waals surface area contributed by atoms with Gasteiger partial charge in [0.1, 0.15) is 0 Å². The second kappa shape index (κ2) is 7.04. The third-order valence-corrected chi connectivity index (χ3v) is 1.41.